The van der Waals surface area contributed by atoms with Crippen molar-refractivity contribution in [1.29, 1.82) is 0 Å². The van der Waals surface area contributed by atoms with Gasteiger partial charge in [-0.3, -0.25) is 9.48 Å². The summed E-state index contributed by atoms with van der Waals surface area (Å²) in [6.45, 7) is 1.63. The number of rotatable bonds is 4. The van der Waals surface area contributed by atoms with Crippen LogP contribution in [0, 0.1) is 0 Å². The molecule has 0 radical (unpaired) electrons. The Kier molecular flexibility index (Phi) is 5.36. The van der Waals surface area contributed by atoms with E-state index in [4.69, 9.17) is 0 Å². The van der Waals surface area contributed by atoms with Crippen molar-refractivity contribution in [3.8, 4) is 0 Å². The minimum Gasteiger partial charge on any atom is -0.322 e. The van der Waals surface area contributed by atoms with Crippen molar-refractivity contribution in [1.82, 2.24) is 15.1 Å². The number of hydrogen-bond acceptors (Lipinski definition) is 3. The van der Waals surface area contributed by atoms with E-state index in [9.17, 15) is 4.79 Å². The van der Waals surface area contributed by atoms with Crippen molar-refractivity contribution in [3.05, 3.63) is 48.3 Å². The molecule has 1 aliphatic heterocycles. The summed E-state index contributed by atoms with van der Waals surface area (Å²) < 4.78 is 1.83. The van der Waals surface area contributed by atoms with E-state index in [-0.39, 0.29) is 24.4 Å². The molecule has 1 fully saturated rings. The van der Waals surface area contributed by atoms with Crippen LogP contribution in [-0.4, -0.2) is 28.3 Å². The van der Waals surface area contributed by atoms with Crippen LogP contribution in [0.4, 0.5) is 5.69 Å². The standard InChI is InChI=1S/C15H18N4O.ClH/c20-15(14-7-4-8-16-14)18-13-9-17-19(11-13)10-12-5-2-1-3-6-12;/h1-3,5-6,9,11,14,16H,4,7-8,10H2,(H,18,20);1H/t14-;/m0./s1. The third-order valence-corrected chi connectivity index (χ3v) is 3.46. The number of carbonyl (C=O) groups is 1. The van der Waals surface area contributed by atoms with Gasteiger partial charge in [-0.25, -0.2) is 0 Å². The van der Waals surface area contributed by atoms with Crippen molar-refractivity contribution < 1.29 is 4.79 Å². The monoisotopic (exact) mass is 306 g/mol. The first-order chi connectivity index (χ1) is 9.81. The van der Waals surface area contributed by atoms with Gasteiger partial charge in [-0.1, -0.05) is 30.3 Å². The second-order valence-electron chi connectivity index (χ2n) is 5.05. The second-order valence-corrected chi connectivity index (χ2v) is 5.05. The summed E-state index contributed by atoms with van der Waals surface area (Å²) in [5.41, 5.74) is 1.94. The zero-order chi connectivity index (χ0) is 13.8. The number of anilines is 1. The summed E-state index contributed by atoms with van der Waals surface area (Å²) in [6, 6.07) is 10.1. The Bertz CT molecular complexity index is 578. The molecule has 0 saturated carbocycles. The molecule has 21 heavy (non-hydrogen) atoms. The molecule has 0 unspecified atom stereocenters. The molecule has 5 nitrogen and oxygen atoms in total. The predicted molar refractivity (Wildman–Crippen MR) is 84.7 cm³/mol. The van der Waals surface area contributed by atoms with Gasteiger partial charge in [-0.15, -0.1) is 12.4 Å². The number of nitrogens with one attached hydrogen (secondary N) is 2. The molecule has 1 aromatic carbocycles. The average molecular weight is 307 g/mol. The Morgan fingerprint density at radius 1 is 1.38 bits per heavy atom. The third-order valence-electron chi connectivity index (χ3n) is 3.46. The largest absolute Gasteiger partial charge is 0.322 e. The van der Waals surface area contributed by atoms with Crippen molar-refractivity contribution >= 4 is 24.0 Å². The molecule has 1 amide bonds. The fourth-order valence-corrected chi connectivity index (χ4v) is 2.42. The summed E-state index contributed by atoms with van der Waals surface area (Å²) in [4.78, 5) is 12.0. The molecular formula is C15H19ClN4O. The van der Waals surface area contributed by atoms with Crippen molar-refractivity contribution in [2.75, 3.05) is 11.9 Å². The summed E-state index contributed by atoms with van der Waals surface area (Å²) in [5.74, 6) is 0.0294. The molecular weight excluding hydrogens is 288 g/mol. The lowest BCUT2D eigenvalue weighted by Gasteiger charge is -2.09. The number of amides is 1. The summed E-state index contributed by atoms with van der Waals surface area (Å²) >= 11 is 0. The Morgan fingerprint density at radius 3 is 2.90 bits per heavy atom. The molecule has 1 atom stereocenters. The van der Waals surface area contributed by atoms with E-state index in [0.29, 0.717) is 6.54 Å². The van der Waals surface area contributed by atoms with Gasteiger partial charge in [0.2, 0.25) is 5.91 Å². The second kappa shape index (κ2) is 7.24. The third kappa shape index (κ3) is 4.06. The number of carbonyl (C=O) groups excluding carboxylic acids is 1. The molecule has 6 heteroatoms. The highest BCUT2D eigenvalue weighted by Crippen LogP contribution is 2.11. The van der Waals surface area contributed by atoms with Crippen LogP contribution < -0.4 is 10.6 Å². The summed E-state index contributed by atoms with van der Waals surface area (Å²) in [6.07, 6.45) is 5.52. The quantitative estimate of drug-likeness (QED) is 0.909. The molecule has 1 aliphatic rings. The normalized spacial score (nSPS) is 17.2. The predicted octanol–water partition coefficient (Wildman–Crippen LogP) is 2.04. The smallest absolute Gasteiger partial charge is 0.241 e. The maximum atomic E-state index is 12.0. The molecule has 0 aliphatic carbocycles. The van der Waals surface area contributed by atoms with E-state index in [2.05, 4.69) is 27.9 Å². The number of nitrogens with zero attached hydrogens (tertiary/aromatic N) is 2. The lowest BCUT2D eigenvalue weighted by Crippen LogP contribution is -2.35. The van der Waals surface area contributed by atoms with Gasteiger partial charge in [0.1, 0.15) is 0 Å². The van der Waals surface area contributed by atoms with Crippen LogP contribution in [0.15, 0.2) is 42.7 Å². The average Bonchev–Trinajstić information content (AvgIpc) is 3.11. The first kappa shape index (κ1) is 15.5. The van der Waals surface area contributed by atoms with Gasteiger partial charge in [0, 0.05) is 6.20 Å². The first-order valence-corrected chi connectivity index (χ1v) is 6.92. The maximum Gasteiger partial charge on any atom is 0.241 e. The van der Waals surface area contributed by atoms with Gasteiger partial charge < -0.3 is 10.6 Å². The van der Waals surface area contributed by atoms with Gasteiger partial charge in [-0.2, -0.15) is 5.10 Å². The van der Waals surface area contributed by atoms with Gasteiger partial charge in [0.05, 0.1) is 24.5 Å². The lowest BCUT2D eigenvalue weighted by atomic mass is 10.2. The van der Waals surface area contributed by atoms with Gasteiger partial charge in [-0.05, 0) is 24.9 Å². The number of hydrogen-bond donors (Lipinski definition) is 2. The highest BCUT2D eigenvalue weighted by molar-refractivity contribution is 5.94. The van der Waals surface area contributed by atoms with Crippen molar-refractivity contribution in [2.45, 2.75) is 25.4 Å². The molecule has 2 heterocycles. The molecule has 1 aromatic heterocycles. The van der Waals surface area contributed by atoms with E-state index in [1.165, 1.54) is 5.56 Å². The summed E-state index contributed by atoms with van der Waals surface area (Å²) in [7, 11) is 0. The highest BCUT2D eigenvalue weighted by Gasteiger charge is 2.22. The van der Waals surface area contributed by atoms with Gasteiger partial charge in [0.25, 0.3) is 0 Å². The lowest BCUT2D eigenvalue weighted by molar-refractivity contribution is -0.117. The fraction of sp³-hybridized carbons (Fsp3) is 0.333. The Hall–Kier alpha value is -1.85. The zero-order valence-corrected chi connectivity index (χ0v) is 12.5. The van der Waals surface area contributed by atoms with Crippen LogP contribution in [0.1, 0.15) is 18.4 Å². The minimum absolute atomic E-state index is 0. The molecule has 0 bridgehead atoms. The minimum atomic E-state index is -0.0625. The molecule has 3 rings (SSSR count). The van der Waals surface area contributed by atoms with Crippen LogP contribution in [0.2, 0.25) is 0 Å². The molecule has 0 spiro atoms. The van der Waals surface area contributed by atoms with E-state index >= 15 is 0 Å². The number of aromatic nitrogens is 2. The SMILES string of the molecule is Cl.O=C(Nc1cnn(Cc2ccccc2)c1)[C@@H]1CCCN1. The fourth-order valence-electron chi connectivity index (χ4n) is 2.42. The Labute approximate surface area is 130 Å². The topological polar surface area (TPSA) is 59.0 Å². The highest BCUT2D eigenvalue weighted by atomic mass is 35.5. The summed E-state index contributed by atoms with van der Waals surface area (Å²) in [5, 5.41) is 10.4. The van der Waals surface area contributed by atoms with E-state index in [1.54, 1.807) is 6.20 Å². The van der Waals surface area contributed by atoms with Crippen molar-refractivity contribution in [2.24, 2.45) is 0 Å². The molecule has 1 saturated heterocycles. The van der Waals surface area contributed by atoms with Gasteiger partial charge >= 0.3 is 0 Å². The van der Waals surface area contributed by atoms with Gasteiger partial charge in [0.15, 0.2) is 0 Å². The number of halogens is 1. The zero-order valence-electron chi connectivity index (χ0n) is 11.7. The molecule has 2 N–H and O–H groups in total. The van der Waals surface area contributed by atoms with Crippen LogP contribution >= 0.6 is 12.4 Å². The van der Waals surface area contributed by atoms with E-state index in [0.717, 1.165) is 25.1 Å². The Balaban J connectivity index is 0.00000161. The van der Waals surface area contributed by atoms with Crippen LogP contribution in [-0.2, 0) is 11.3 Å². The van der Waals surface area contributed by atoms with Crippen LogP contribution in [0.3, 0.4) is 0 Å². The van der Waals surface area contributed by atoms with Crippen LogP contribution in [0.25, 0.3) is 0 Å². The van der Waals surface area contributed by atoms with E-state index in [1.807, 2.05) is 29.1 Å². The van der Waals surface area contributed by atoms with E-state index < -0.39 is 0 Å². The Morgan fingerprint density at radius 2 is 2.19 bits per heavy atom. The van der Waals surface area contributed by atoms with Crippen LogP contribution in [0.5, 0.6) is 0 Å². The maximum absolute atomic E-state index is 12.0. The number of benzene rings is 1. The van der Waals surface area contributed by atoms with Crippen molar-refractivity contribution in [3.63, 3.8) is 0 Å². The molecule has 112 valence electrons. The molecule has 2 aromatic rings. The first-order valence-electron chi connectivity index (χ1n) is 6.92.